The molecule has 0 saturated heterocycles. The molecule has 0 saturated carbocycles. The van der Waals surface area contributed by atoms with E-state index in [1.54, 1.807) is 7.11 Å². The fourth-order valence-corrected chi connectivity index (χ4v) is 3.55. The predicted molar refractivity (Wildman–Crippen MR) is 109 cm³/mol. The van der Waals surface area contributed by atoms with Crippen LogP contribution in [0.3, 0.4) is 0 Å². The second-order valence-corrected chi connectivity index (χ2v) is 7.90. The first-order chi connectivity index (χ1) is 12.3. The first-order valence-electron chi connectivity index (χ1n) is 9.49. The van der Waals surface area contributed by atoms with Crippen molar-refractivity contribution < 1.29 is 9.47 Å². The van der Waals surface area contributed by atoms with E-state index in [0.717, 1.165) is 11.3 Å². The first-order valence-corrected chi connectivity index (χ1v) is 9.49. The van der Waals surface area contributed by atoms with Crippen molar-refractivity contribution in [2.45, 2.75) is 53.9 Å². The van der Waals surface area contributed by atoms with Crippen LogP contribution >= 0.6 is 0 Å². The van der Waals surface area contributed by atoms with Gasteiger partial charge in [-0.05, 0) is 74.3 Å². The Bertz CT molecular complexity index is 711. The van der Waals surface area contributed by atoms with Gasteiger partial charge in [0, 0.05) is 13.2 Å². The Morgan fingerprint density at radius 3 is 2.69 bits per heavy atom. The zero-order valence-corrected chi connectivity index (χ0v) is 17.2. The van der Waals surface area contributed by atoms with Crippen molar-refractivity contribution in [3.63, 3.8) is 0 Å². The van der Waals surface area contributed by atoms with Gasteiger partial charge in [0.1, 0.15) is 6.61 Å². The number of hydrogen-bond donors (Lipinski definition) is 0. The Hall–Kier alpha value is -1.87. The summed E-state index contributed by atoms with van der Waals surface area (Å²) in [4.78, 5) is 4.58. The molecule has 142 valence electrons. The Labute approximate surface area is 158 Å². The van der Waals surface area contributed by atoms with Gasteiger partial charge in [0.2, 0.25) is 5.88 Å². The highest BCUT2D eigenvalue weighted by Gasteiger charge is 2.26. The molecule has 1 heterocycles. The largest absolute Gasteiger partial charge is 0.475 e. The molecule has 1 aliphatic rings. The molecular weight excluding hydrogens is 322 g/mol. The molecule has 1 aliphatic carbocycles. The highest BCUT2D eigenvalue weighted by molar-refractivity contribution is 5.54. The fraction of sp³-hybridized carbons (Fsp3) is 0.522. The van der Waals surface area contributed by atoms with Crippen LogP contribution in [0.1, 0.15) is 58.2 Å². The lowest BCUT2D eigenvalue weighted by atomic mass is 9.72. The SMILES string of the molecule is COCCOc1cc(C)cc(C=C(C)C=CC2=C(C)CCCC2(C)C)n1. The summed E-state index contributed by atoms with van der Waals surface area (Å²) in [7, 11) is 1.67. The molecule has 0 aliphatic heterocycles. The van der Waals surface area contributed by atoms with Crippen LogP contribution in [0.2, 0.25) is 0 Å². The smallest absolute Gasteiger partial charge is 0.214 e. The third-order valence-electron chi connectivity index (χ3n) is 4.93. The minimum atomic E-state index is 0.267. The lowest BCUT2D eigenvalue weighted by Gasteiger charge is -2.32. The molecule has 1 aromatic rings. The molecule has 0 atom stereocenters. The van der Waals surface area contributed by atoms with Gasteiger partial charge in [-0.25, -0.2) is 4.98 Å². The molecule has 0 fully saturated rings. The van der Waals surface area contributed by atoms with E-state index in [0.29, 0.717) is 19.1 Å². The standard InChI is InChI=1S/C23H33NO2/c1-17(9-10-21-19(3)8-7-11-23(21,4)5)14-20-15-18(2)16-22(24-20)26-13-12-25-6/h9-10,14-16H,7-8,11-13H2,1-6H3. The summed E-state index contributed by atoms with van der Waals surface area (Å²) in [5.74, 6) is 0.650. The van der Waals surface area contributed by atoms with Gasteiger partial charge in [-0.3, -0.25) is 0 Å². The zero-order chi connectivity index (χ0) is 19.2. The summed E-state index contributed by atoms with van der Waals surface area (Å²) in [5.41, 5.74) is 6.52. The summed E-state index contributed by atoms with van der Waals surface area (Å²) in [5, 5.41) is 0. The van der Waals surface area contributed by atoms with Crippen LogP contribution in [0.15, 0.2) is 41.0 Å². The number of allylic oxidation sites excluding steroid dienone is 5. The quantitative estimate of drug-likeness (QED) is 0.450. The van der Waals surface area contributed by atoms with Crippen molar-refractivity contribution in [1.82, 2.24) is 4.98 Å². The van der Waals surface area contributed by atoms with Gasteiger partial charge in [0.15, 0.2) is 0 Å². The maximum absolute atomic E-state index is 5.66. The topological polar surface area (TPSA) is 31.4 Å². The molecule has 2 rings (SSSR count). The van der Waals surface area contributed by atoms with Crippen LogP contribution in [0.5, 0.6) is 5.88 Å². The van der Waals surface area contributed by atoms with Crippen molar-refractivity contribution in [2.75, 3.05) is 20.3 Å². The summed E-state index contributed by atoms with van der Waals surface area (Å²) >= 11 is 0. The molecule has 1 aromatic heterocycles. The Morgan fingerprint density at radius 1 is 1.23 bits per heavy atom. The lowest BCUT2D eigenvalue weighted by molar-refractivity contribution is 0.143. The molecule has 0 spiro atoms. The molecule has 3 nitrogen and oxygen atoms in total. The average molecular weight is 356 g/mol. The maximum Gasteiger partial charge on any atom is 0.214 e. The summed E-state index contributed by atoms with van der Waals surface area (Å²) in [6, 6.07) is 4.03. The normalized spacial score (nSPS) is 17.8. The van der Waals surface area contributed by atoms with Crippen molar-refractivity contribution in [1.29, 1.82) is 0 Å². The van der Waals surface area contributed by atoms with Gasteiger partial charge < -0.3 is 9.47 Å². The fourth-order valence-electron chi connectivity index (χ4n) is 3.55. The van der Waals surface area contributed by atoms with Crippen molar-refractivity contribution in [3.8, 4) is 5.88 Å². The first kappa shape index (κ1) is 20.4. The number of aryl methyl sites for hydroxylation is 1. The lowest BCUT2D eigenvalue weighted by Crippen LogP contribution is -2.19. The number of methoxy groups -OCH3 is 1. The molecule has 0 radical (unpaired) electrons. The van der Waals surface area contributed by atoms with E-state index >= 15 is 0 Å². The van der Waals surface area contributed by atoms with E-state index in [1.807, 2.05) is 6.07 Å². The van der Waals surface area contributed by atoms with Crippen molar-refractivity contribution in [2.24, 2.45) is 5.41 Å². The van der Waals surface area contributed by atoms with Gasteiger partial charge in [-0.15, -0.1) is 0 Å². The third kappa shape index (κ3) is 5.84. The highest BCUT2D eigenvalue weighted by atomic mass is 16.5. The van der Waals surface area contributed by atoms with E-state index < -0.39 is 0 Å². The number of nitrogens with zero attached hydrogens (tertiary/aromatic N) is 1. The molecular formula is C23H33NO2. The molecule has 0 bridgehead atoms. The molecule has 0 amide bonds. The van der Waals surface area contributed by atoms with Crippen LogP contribution in [0.25, 0.3) is 6.08 Å². The van der Waals surface area contributed by atoms with Gasteiger partial charge in [0.25, 0.3) is 0 Å². The number of ether oxygens (including phenoxy) is 2. The second-order valence-electron chi connectivity index (χ2n) is 7.90. The van der Waals surface area contributed by atoms with Gasteiger partial charge in [-0.1, -0.05) is 31.6 Å². The minimum absolute atomic E-state index is 0.267. The molecule has 0 N–H and O–H groups in total. The average Bonchev–Trinajstić information content (AvgIpc) is 2.53. The van der Waals surface area contributed by atoms with E-state index in [2.05, 4.69) is 63.9 Å². The maximum atomic E-state index is 5.66. The number of pyridine rings is 1. The van der Waals surface area contributed by atoms with E-state index in [-0.39, 0.29) is 5.41 Å². The van der Waals surface area contributed by atoms with Crippen LogP contribution in [0.4, 0.5) is 0 Å². The van der Waals surface area contributed by atoms with Gasteiger partial charge in [0.05, 0.1) is 12.3 Å². The predicted octanol–water partition coefficient (Wildman–Crippen LogP) is 5.90. The molecule has 26 heavy (non-hydrogen) atoms. The summed E-state index contributed by atoms with van der Waals surface area (Å²) < 4.78 is 10.7. The Balaban J connectivity index is 2.16. The zero-order valence-electron chi connectivity index (χ0n) is 17.2. The van der Waals surface area contributed by atoms with Crippen molar-refractivity contribution >= 4 is 6.08 Å². The van der Waals surface area contributed by atoms with Crippen LogP contribution in [-0.4, -0.2) is 25.3 Å². The highest BCUT2D eigenvalue weighted by Crippen LogP contribution is 2.40. The molecule has 0 unspecified atom stereocenters. The van der Waals surface area contributed by atoms with E-state index in [4.69, 9.17) is 9.47 Å². The molecule has 0 aromatic carbocycles. The number of aromatic nitrogens is 1. The number of rotatable bonds is 7. The van der Waals surface area contributed by atoms with Crippen molar-refractivity contribution in [3.05, 3.63) is 52.3 Å². The van der Waals surface area contributed by atoms with Gasteiger partial charge in [-0.2, -0.15) is 0 Å². The minimum Gasteiger partial charge on any atom is -0.475 e. The Kier molecular flexibility index (Phi) is 7.22. The van der Waals surface area contributed by atoms with Gasteiger partial charge >= 0.3 is 0 Å². The van der Waals surface area contributed by atoms with Crippen LogP contribution in [-0.2, 0) is 4.74 Å². The van der Waals surface area contributed by atoms with E-state index in [9.17, 15) is 0 Å². The van der Waals surface area contributed by atoms with Crippen LogP contribution in [0, 0.1) is 12.3 Å². The Morgan fingerprint density at radius 2 is 2.00 bits per heavy atom. The second kappa shape index (κ2) is 9.18. The number of hydrogen-bond acceptors (Lipinski definition) is 3. The monoisotopic (exact) mass is 355 g/mol. The molecule has 3 heteroatoms. The summed E-state index contributed by atoms with van der Waals surface area (Å²) in [6.07, 6.45) is 10.4. The van der Waals surface area contributed by atoms with E-state index in [1.165, 1.54) is 36.0 Å². The summed E-state index contributed by atoms with van der Waals surface area (Å²) in [6.45, 7) is 12.2. The van der Waals surface area contributed by atoms with Crippen LogP contribution < -0.4 is 4.74 Å². The third-order valence-corrected chi connectivity index (χ3v) is 4.93.